The fraction of sp³-hybridized carbons (Fsp3) is 0.0952. The van der Waals surface area contributed by atoms with Crippen LogP contribution in [-0.4, -0.2) is 6.21 Å². The van der Waals surface area contributed by atoms with Crippen LogP contribution >= 0.6 is 31.9 Å². The maximum Gasteiger partial charge on any atom is 0.153 e. The van der Waals surface area contributed by atoms with E-state index in [1.807, 2.05) is 48.7 Å². The summed E-state index contributed by atoms with van der Waals surface area (Å²) < 4.78 is 2.10. The first-order valence-corrected chi connectivity index (χ1v) is 9.90. The number of halogens is 2. The topological polar surface area (TPSA) is 36.4 Å². The summed E-state index contributed by atoms with van der Waals surface area (Å²) in [6, 6.07) is 26.7. The molecule has 0 spiro atoms. The Labute approximate surface area is 169 Å². The summed E-state index contributed by atoms with van der Waals surface area (Å²) in [7, 11) is 0. The van der Waals surface area contributed by atoms with Crippen LogP contribution in [0.25, 0.3) is 0 Å². The van der Waals surface area contributed by atoms with Crippen molar-refractivity contribution in [3.8, 4) is 0 Å². The minimum atomic E-state index is -0.574. The van der Waals surface area contributed by atoms with E-state index in [9.17, 15) is 0 Å². The molecular formula is C21H17Br2N3. The first-order valence-electron chi connectivity index (χ1n) is 8.31. The lowest BCUT2D eigenvalue weighted by molar-refractivity contribution is 0.473. The second-order valence-electron chi connectivity index (χ2n) is 6.18. The van der Waals surface area contributed by atoms with Crippen molar-refractivity contribution in [2.75, 3.05) is 5.32 Å². The lowest BCUT2D eigenvalue weighted by atomic mass is 10.00. The van der Waals surface area contributed by atoms with Crippen molar-refractivity contribution < 1.29 is 0 Å². The molecule has 3 aromatic rings. The number of hydrogen-bond acceptors (Lipinski definition) is 3. The highest BCUT2D eigenvalue weighted by molar-refractivity contribution is 9.10. The molecular weight excluding hydrogens is 454 g/mol. The first kappa shape index (κ1) is 17.5. The van der Waals surface area contributed by atoms with Crippen molar-refractivity contribution in [2.24, 2.45) is 4.99 Å². The summed E-state index contributed by atoms with van der Waals surface area (Å²) in [5, 5.41) is 7.28. The molecule has 130 valence electrons. The van der Waals surface area contributed by atoms with E-state index in [2.05, 4.69) is 78.9 Å². The fourth-order valence-electron chi connectivity index (χ4n) is 3.05. The van der Waals surface area contributed by atoms with E-state index < -0.39 is 5.66 Å². The highest BCUT2D eigenvalue weighted by atomic mass is 79.9. The van der Waals surface area contributed by atoms with Crippen molar-refractivity contribution in [3.05, 3.63) is 98.9 Å². The van der Waals surface area contributed by atoms with Gasteiger partial charge in [0.1, 0.15) is 6.17 Å². The molecule has 0 amide bonds. The van der Waals surface area contributed by atoms with Gasteiger partial charge in [-0.2, -0.15) is 0 Å². The lowest BCUT2D eigenvalue weighted by Gasteiger charge is -2.31. The molecule has 5 heteroatoms. The standard InChI is InChI=1S/C21H17Br2N3/c22-17-8-6-16(7-9-17)21(25-19-12-10-18(23)11-13-19)14-24-20(26-21)15-4-2-1-3-5-15/h1-14,20,25-26H. The third kappa shape index (κ3) is 3.61. The maximum absolute atomic E-state index is 4.75. The van der Waals surface area contributed by atoms with Crippen LogP contribution in [0.4, 0.5) is 5.69 Å². The van der Waals surface area contributed by atoms with Gasteiger partial charge in [0.15, 0.2) is 5.66 Å². The molecule has 3 aromatic carbocycles. The SMILES string of the molecule is Brc1ccc(NC2(c3ccc(Br)cc3)C=NC(c3ccccc3)N2)cc1. The van der Waals surface area contributed by atoms with E-state index >= 15 is 0 Å². The molecule has 0 fully saturated rings. The molecule has 0 saturated heterocycles. The molecule has 2 N–H and O–H groups in total. The highest BCUT2D eigenvalue weighted by Crippen LogP contribution is 2.32. The van der Waals surface area contributed by atoms with Crippen LogP contribution in [0.5, 0.6) is 0 Å². The minimum absolute atomic E-state index is 0.0946. The molecule has 0 aromatic heterocycles. The second kappa shape index (κ2) is 7.35. The summed E-state index contributed by atoms with van der Waals surface area (Å²) in [6.07, 6.45) is 1.87. The van der Waals surface area contributed by atoms with Crippen molar-refractivity contribution in [3.63, 3.8) is 0 Å². The summed E-state index contributed by atoms with van der Waals surface area (Å²) in [4.78, 5) is 4.75. The monoisotopic (exact) mass is 469 g/mol. The third-order valence-electron chi connectivity index (χ3n) is 4.38. The maximum atomic E-state index is 4.75. The summed E-state index contributed by atoms with van der Waals surface area (Å²) in [6.45, 7) is 0. The Morgan fingerprint density at radius 1 is 0.808 bits per heavy atom. The largest absolute Gasteiger partial charge is 0.359 e. The predicted octanol–water partition coefficient (Wildman–Crippen LogP) is 5.85. The van der Waals surface area contributed by atoms with Gasteiger partial charge in [-0.3, -0.25) is 10.3 Å². The predicted molar refractivity (Wildman–Crippen MR) is 114 cm³/mol. The zero-order valence-corrected chi connectivity index (χ0v) is 17.0. The van der Waals surface area contributed by atoms with Gasteiger partial charge in [0, 0.05) is 20.8 Å². The van der Waals surface area contributed by atoms with Gasteiger partial charge in [-0.25, -0.2) is 0 Å². The molecule has 1 heterocycles. The van der Waals surface area contributed by atoms with Gasteiger partial charge in [-0.05, 0) is 47.5 Å². The zero-order valence-electron chi connectivity index (χ0n) is 13.9. The van der Waals surface area contributed by atoms with E-state index in [0.29, 0.717) is 0 Å². The molecule has 0 aliphatic carbocycles. The van der Waals surface area contributed by atoms with Gasteiger partial charge >= 0.3 is 0 Å². The molecule has 0 bridgehead atoms. The molecule has 26 heavy (non-hydrogen) atoms. The molecule has 4 rings (SSSR count). The van der Waals surface area contributed by atoms with Gasteiger partial charge in [-0.1, -0.05) is 74.3 Å². The lowest BCUT2D eigenvalue weighted by Crippen LogP contribution is -2.47. The molecule has 1 aliphatic heterocycles. The Morgan fingerprint density at radius 2 is 1.42 bits per heavy atom. The van der Waals surface area contributed by atoms with Crippen LogP contribution in [-0.2, 0) is 5.66 Å². The van der Waals surface area contributed by atoms with Gasteiger partial charge in [0.05, 0.1) is 0 Å². The average Bonchev–Trinajstić information content (AvgIpc) is 3.10. The summed E-state index contributed by atoms with van der Waals surface area (Å²) in [5.41, 5.74) is 2.68. The van der Waals surface area contributed by atoms with Crippen LogP contribution < -0.4 is 10.6 Å². The Hall–Kier alpha value is -1.95. The quantitative estimate of drug-likeness (QED) is 0.501. The zero-order chi connectivity index (χ0) is 18.0. The van der Waals surface area contributed by atoms with Crippen molar-refractivity contribution >= 4 is 43.8 Å². The van der Waals surface area contributed by atoms with Crippen LogP contribution in [0.2, 0.25) is 0 Å². The van der Waals surface area contributed by atoms with Crippen molar-refractivity contribution in [1.29, 1.82) is 0 Å². The van der Waals surface area contributed by atoms with Crippen LogP contribution in [0, 0.1) is 0 Å². The van der Waals surface area contributed by atoms with E-state index in [1.165, 1.54) is 0 Å². The second-order valence-corrected chi connectivity index (χ2v) is 8.01. The highest BCUT2D eigenvalue weighted by Gasteiger charge is 2.37. The summed E-state index contributed by atoms with van der Waals surface area (Å²) >= 11 is 7.01. The third-order valence-corrected chi connectivity index (χ3v) is 5.44. The van der Waals surface area contributed by atoms with Gasteiger partial charge in [-0.15, -0.1) is 0 Å². The smallest absolute Gasteiger partial charge is 0.153 e. The van der Waals surface area contributed by atoms with Gasteiger partial charge in [0.25, 0.3) is 0 Å². The number of anilines is 1. The number of nitrogens with one attached hydrogen (secondary N) is 2. The summed E-state index contributed by atoms with van der Waals surface area (Å²) in [5.74, 6) is 0. The molecule has 0 saturated carbocycles. The molecule has 0 radical (unpaired) electrons. The Balaban J connectivity index is 1.70. The van der Waals surface area contributed by atoms with Crippen LogP contribution in [0.3, 0.4) is 0 Å². The van der Waals surface area contributed by atoms with E-state index in [1.54, 1.807) is 0 Å². The Bertz CT molecular complexity index is 908. The normalized spacial score (nSPS) is 21.7. The minimum Gasteiger partial charge on any atom is -0.359 e. The van der Waals surface area contributed by atoms with Crippen molar-refractivity contribution in [2.45, 2.75) is 11.8 Å². The number of aliphatic imine (C=N–C) groups is 1. The molecule has 1 aliphatic rings. The van der Waals surface area contributed by atoms with Gasteiger partial charge in [0.2, 0.25) is 0 Å². The van der Waals surface area contributed by atoms with E-state index in [0.717, 1.165) is 25.8 Å². The number of nitrogens with zero attached hydrogens (tertiary/aromatic N) is 1. The molecule has 2 atom stereocenters. The number of rotatable bonds is 4. The van der Waals surface area contributed by atoms with Crippen molar-refractivity contribution in [1.82, 2.24) is 5.32 Å². The van der Waals surface area contributed by atoms with Crippen LogP contribution in [0.15, 0.2) is 92.8 Å². The van der Waals surface area contributed by atoms with E-state index in [4.69, 9.17) is 4.99 Å². The number of hydrogen-bond donors (Lipinski definition) is 2. The number of benzene rings is 3. The van der Waals surface area contributed by atoms with E-state index in [-0.39, 0.29) is 6.17 Å². The fourth-order valence-corrected chi connectivity index (χ4v) is 3.58. The van der Waals surface area contributed by atoms with Crippen LogP contribution in [0.1, 0.15) is 17.3 Å². The Morgan fingerprint density at radius 3 is 2.08 bits per heavy atom. The molecule has 3 nitrogen and oxygen atoms in total. The average molecular weight is 471 g/mol. The van der Waals surface area contributed by atoms with Gasteiger partial charge < -0.3 is 5.32 Å². The first-order chi connectivity index (χ1) is 12.6. The Kier molecular flexibility index (Phi) is 4.94. The molecule has 2 unspecified atom stereocenters.